The summed E-state index contributed by atoms with van der Waals surface area (Å²) in [5.41, 5.74) is 5.82. The molecule has 0 spiro atoms. The Labute approximate surface area is 310 Å². The molecule has 1 atom stereocenters. The predicted molar refractivity (Wildman–Crippen MR) is 199 cm³/mol. The second kappa shape index (κ2) is 15.1. The molecule has 270 valence electrons. The second-order valence-electron chi connectivity index (χ2n) is 13.3. The van der Waals surface area contributed by atoms with Gasteiger partial charge in [-0.05, 0) is 50.4 Å². The zero-order chi connectivity index (χ0) is 36.4. The van der Waals surface area contributed by atoms with Crippen LogP contribution < -0.4 is 25.4 Å². The smallest absolute Gasteiger partial charge is 0.309 e. The molecule has 5 heterocycles. The molecule has 12 nitrogen and oxygen atoms in total. The van der Waals surface area contributed by atoms with Crippen LogP contribution in [-0.4, -0.2) is 69.7 Å². The number of hydrogen-bond donors (Lipinski definition) is 4. The molecule has 52 heavy (non-hydrogen) atoms. The van der Waals surface area contributed by atoms with Crippen LogP contribution >= 0.6 is 23.2 Å². The zero-order valence-corrected chi connectivity index (χ0v) is 30.4. The Morgan fingerprint density at radius 1 is 1.02 bits per heavy atom. The van der Waals surface area contributed by atoms with Gasteiger partial charge in [0, 0.05) is 78.5 Å². The molecule has 7 rings (SSSR count). The third-order valence-corrected chi connectivity index (χ3v) is 10.6. The number of rotatable bonds is 15. The number of carboxylic acid groups (broad SMARTS) is 1. The molecule has 4 N–H and O–H groups in total. The third kappa shape index (κ3) is 7.29. The Bertz CT molecular complexity index is 2150. The molecule has 4 aromatic heterocycles. The van der Waals surface area contributed by atoms with Crippen LogP contribution in [0, 0.1) is 5.41 Å². The van der Waals surface area contributed by atoms with E-state index in [1.807, 2.05) is 59.3 Å². The van der Waals surface area contributed by atoms with Gasteiger partial charge in [-0.1, -0.05) is 47.5 Å². The number of nitrogens with zero attached hydrogens (tertiary/aromatic N) is 4. The number of nitrogens with one attached hydrogen (secondary N) is 3. The number of benzene rings is 1. The zero-order valence-electron chi connectivity index (χ0n) is 28.8. The number of aromatic nitrogens is 4. The van der Waals surface area contributed by atoms with Gasteiger partial charge in [-0.3, -0.25) is 14.6 Å². The number of imidazole rings is 1. The topological polar surface area (TPSA) is 152 Å². The predicted octanol–water partition coefficient (Wildman–Crippen LogP) is 6.16. The number of ether oxygens (including phenoxy) is 2. The van der Waals surface area contributed by atoms with E-state index in [1.165, 1.54) is 0 Å². The summed E-state index contributed by atoms with van der Waals surface area (Å²) in [7, 11) is 3.18. The number of amides is 1. The Morgan fingerprint density at radius 2 is 1.83 bits per heavy atom. The number of aliphatic carboxylic acids is 1. The number of carbonyl (C=O) groups excluding carboxylic acids is 1. The van der Waals surface area contributed by atoms with Gasteiger partial charge in [0.15, 0.2) is 11.4 Å². The fraction of sp³-hybridized carbons (Fsp3) is 0.342. The van der Waals surface area contributed by atoms with Gasteiger partial charge in [-0.15, -0.1) is 0 Å². The summed E-state index contributed by atoms with van der Waals surface area (Å²) in [6, 6.07) is 13.4. The minimum Gasteiger partial charge on any atom is -0.493 e. The quantitative estimate of drug-likeness (QED) is 0.0918. The molecule has 0 radical (unpaired) electrons. The van der Waals surface area contributed by atoms with Crippen LogP contribution in [0.4, 0.5) is 0 Å². The largest absolute Gasteiger partial charge is 0.493 e. The molecular formula is C38H39Cl2N7O5. The van der Waals surface area contributed by atoms with Crippen molar-refractivity contribution in [1.29, 1.82) is 0 Å². The molecule has 1 unspecified atom stereocenters. The van der Waals surface area contributed by atoms with Crippen molar-refractivity contribution in [2.75, 3.05) is 27.3 Å². The van der Waals surface area contributed by atoms with E-state index in [-0.39, 0.29) is 11.9 Å². The molecule has 0 bridgehead atoms. The van der Waals surface area contributed by atoms with Gasteiger partial charge < -0.3 is 34.9 Å². The highest BCUT2D eigenvalue weighted by molar-refractivity contribution is 6.39. The molecule has 14 heteroatoms. The number of carbonyl (C=O) groups is 2. The lowest BCUT2D eigenvalue weighted by molar-refractivity contribution is -0.143. The minimum absolute atomic E-state index is 0.0907. The molecule has 1 saturated heterocycles. The van der Waals surface area contributed by atoms with Crippen molar-refractivity contribution in [1.82, 2.24) is 35.3 Å². The average Bonchev–Trinajstić information content (AvgIpc) is 3.66. The van der Waals surface area contributed by atoms with Crippen molar-refractivity contribution in [3.63, 3.8) is 0 Å². The monoisotopic (exact) mass is 743 g/mol. The first-order valence-corrected chi connectivity index (χ1v) is 17.9. The van der Waals surface area contributed by atoms with Crippen molar-refractivity contribution in [2.24, 2.45) is 5.41 Å². The molecule has 2 aliphatic rings. The van der Waals surface area contributed by atoms with E-state index in [0.29, 0.717) is 83.3 Å². The van der Waals surface area contributed by atoms with Crippen LogP contribution in [0.2, 0.25) is 10.0 Å². The van der Waals surface area contributed by atoms with E-state index in [0.717, 1.165) is 47.2 Å². The van der Waals surface area contributed by atoms with Crippen LogP contribution in [0.3, 0.4) is 0 Å². The van der Waals surface area contributed by atoms with E-state index in [9.17, 15) is 14.7 Å². The van der Waals surface area contributed by atoms with Gasteiger partial charge >= 0.3 is 5.97 Å². The summed E-state index contributed by atoms with van der Waals surface area (Å²) in [4.78, 5) is 37.2. The average molecular weight is 745 g/mol. The molecular weight excluding hydrogens is 705 g/mol. The SMILES string of the molecule is COc1nc(-c2cccc(-c3ccnc(-c4cc(OC)c5nc(CNCCC6(C(=O)O)CC6)cn5c4)c3Cl)c2Cl)ccc1CNCC1CCC(=O)N1. The van der Waals surface area contributed by atoms with Crippen molar-refractivity contribution in [2.45, 2.75) is 51.2 Å². The van der Waals surface area contributed by atoms with Gasteiger partial charge in [0.2, 0.25) is 11.8 Å². The summed E-state index contributed by atoms with van der Waals surface area (Å²) in [6.07, 6.45) is 8.96. The highest BCUT2D eigenvalue weighted by atomic mass is 35.5. The molecule has 1 amide bonds. The fourth-order valence-corrected chi connectivity index (χ4v) is 7.33. The van der Waals surface area contributed by atoms with Crippen molar-refractivity contribution in [3.8, 4) is 45.3 Å². The first-order chi connectivity index (χ1) is 25.2. The Kier molecular flexibility index (Phi) is 10.3. The maximum Gasteiger partial charge on any atom is 0.309 e. The summed E-state index contributed by atoms with van der Waals surface area (Å²) in [5, 5.41) is 20.0. The Morgan fingerprint density at radius 3 is 2.56 bits per heavy atom. The first kappa shape index (κ1) is 35.6. The molecule has 1 aromatic carbocycles. The summed E-state index contributed by atoms with van der Waals surface area (Å²) in [6.45, 7) is 2.28. The highest BCUT2D eigenvalue weighted by Gasteiger charge is 2.49. The standard InChI is InChI=1S/C38H39Cl2N7O5/c1-51-30-16-23(20-47-21-25(45-35(30)47)19-41-15-13-38(11-12-38)37(49)50)34-33(40)27(10-14-43-34)26-4-3-5-28(32(26)39)29-8-6-22(36(46-29)52-2)17-42-18-24-7-9-31(48)44-24/h3-6,8,10,14,16,20-21,24,41-42H,7,9,11-13,15,17-19H2,1-2H3,(H,44,48)(H,49,50). The van der Waals surface area contributed by atoms with Crippen molar-refractivity contribution in [3.05, 3.63) is 82.4 Å². The lowest BCUT2D eigenvalue weighted by atomic mass is 10.00. The lowest BCUT2D eigenvalue weighted by Gasteiger charge is -2.15. The van der Waals surface area contributed by atoms with Gasteiger partial charge in [-0.2, -0.15) is 0 Å². The summed E-state index contributed by atoms with van der Waals surface area (Å²) < 4.78 is 13.3. The van der Waals surface area contributed by atoms with Gasteiger partial charge in [0.1, 0.15) is 0 Å². The Hall–Kier alpha value is -4.75. The number of carboxylic acids is 1. The molecule has 2 fully saturated rings. The molecule has 5 aromatic rings. The van der Waals surface area contributed by atoms with Crippen LogP contribution in [0.15, 0.2) is 61.1 Å². The summed E-state index contributed by atoms with van der Waals surface area (Å²) in [5.74, 6) is 0.414. The van der Waals surface area contributed by atoms with Crippen LogP contribution in [0.1, 0.15) is 43.4 Å². The lowest BCUT2D eigenvalue weighted by Crippen LogP contribution is -2.35. The van der Waals surface area contributed by atoms with Crippen LogP contribution in [0.25, 0.3) is 39.3 Å². The van der Waals surface area contributed by atoms with Crippen LogP contribution in [-0.2, 0) is 22.7 Å². The minimum atomic E-state index is -0.716. The molecule has 1 aliphatic heterocycles. The number of hydrogen-bond acceptors (Lipinski definition) is 9. The first-order valence-electron chi connectivity index (χ1n) is 17.2. The second-order valence-corrected chi connectivity index (χ2v) is 14.0. The summed E-state index contributed by atoms with van der Waals surface area (Å²) >= 11 is 14.2. The third-order valence-electron chi connectivity index (χ3n) is 9.83. The molecule has 1 aliphatic carbocycles. The Balaban J connectivity index is 1.11. The van der Waals surface area contributed by atoms with Crippen LogP contribution in [0.5, 0.6) is 11.6 Å². The number of halogens is 2. The maximum atomic E-state index is 11.5. The van der Waals surface area contributed by atoms with Gasteiger partial charge in [0.05, 0.1) is 46.8 Å². The number of methoxy groups -OCH3 is 2. The van der Waals surface area contributed by atoms with Gasteiger partial charge in [0.25, 0.3) is 0 Å². The van der Waals surface area contributed by atoms with E-state index in [2.05, 4.69) is 20.9 Å². The van der Waals surface area contributed by atoms with Gasteiger partial charge in [-0.25, -0.2) is 9.97 Å². The number of pyridine rings is 3. The van der Waals surface area contributed by atoms with E-state index < -0.39 is 11.4 Å². The molecule has 1 saturated carbocycles. The van der Waals surface area contributed by atoms with Crippen molar-refractivity contribution < 1.29 is 24.2 Å². The van der Waals surface area contributed by atoms with E-state index in [4.69, 9.17) is 42.6 Å². The normalized spacial score (nSPS) is 16.2. The highest BCUT2D eigenvalue weighted by Crippen LogP contribution is 2.48. The van der Waals surface area contributed by atoms with Crippen molar-refractivity contribution >= 4 is 40.7 Å². The maximum absolute atomic E-state index is 11.5. The van der Waals surface area contributed by atoms with E-state index >= 15 is 0 Å². The number of fused-ring (bicyclic) bond motifs is 1. The van der Waals surface area contributed by atoms with E-state index in [1.54, 1.807) is 20.4 Å². The fourth-order valence-electron chi connectivity index (χ4n) is 6.68.